The molecule has 0 spiro atoms. The molecule has 3 aromatic heterocycles. The van der Waals surface area contributed by atoms with E-state index in [0.29, 0.717) is 43.9 Å². The molecular formula is C48H67N9O6S. The quantitative estimate of drug-likeness (QED) is 0.173. The number of benzene rings is 1. The number of nitrogens with zero attached hydrogens (tertiary/aromatic N) is 7. The van der Waals surface area contributed by atoms with Gasteiger partial charge in [-0.1, -0.05) is 33.8 Å². The average molecular weight is 898 g/mol. The molecule has 0 radical (unpaired) electrons. The van der Waals surface area contributed by atoms with Gasteiger partial charge >= 0.3 is 12.0 Å². The number of hydrazine groups is 1. The topological polar surface area (TPSA) is 154 Å². The Hall–Kier alpha value is -4.90. The maximum atomic E-state index is 14.6. The molecule has 64 heavy (non-hydrogen) atoms. The van der Waals surface area contributed by atoms with Gasteiger partial charge in [-0.3, -0.25) is 24.4 Å². The summed E-state index contributed by atoms with van der Waals surface area (Å²) in [6, 6.07) is 7.69. The van der Waals surface area contributed by atoms with Crippen LogP contribution >= 0.6 is 11.3 Å². The second kappa shape index (κ2) is 19.7. The summed E-state index contributed by atoms with van der Waals surface area (Å²) in [5.74, 6) is -1.50. The van der Waals surface area contributed by atoms with Crippen LogP contribution in [-0.2, 0) is 43.2 Å². The standard InChI is InChI=1S/C48H67N9O6S/c1-11-55-39-19-18-31-23-34(39)35(43(55)33-16-12-20-49-41(33)30(4)62-10)25-48(5,6)28-63-46(60)36-17-14-22-57(52-36)45(59)37(24-40-50-38(31)27-64-40)51-44(58)42(29(2)3)54(9)47(61)56-21-13-15-32(56)26-53(7)8/h12,16,18-20,23,27,29-30,32,36-37,42,52H,11,13-15,17,21-22,24-26,28H2,1-10H3,(H,51,58)/t30-,32+,36-,37-,42-/m0/s1. The number of likely N-dealkylation sites (N-methyl/N-ethyl adjacent to an activating group) is 2. The molecule has 6 bridgehead atoms. The molecule has 4 amide bonds. The Bertz CT molecular complexity index is 2340. The van der Waals surface area contributed by atoms with Crippen molar-refractivity contribution in [2.45, 2.75) is 117 Å². The van der Waals surface area contributed by atoms with E-state index in [1.807, 2.05) is 51.2 Å². The zero-order chi connectivity index (χ0) is 46.0. The van der Waals surface area contributed by atoms with Crippen LogP contribution < -0.4 is 10.7 Å². The number of aryl methyl sites for hydroxylation is 1. The van der Waals surface area contributed by atoms with Crippen molar-refractivity contribution in [1.82, 2.24) is 45.0 Å². The van der Waals surface area contributed by atoms with Gasteiger partial charge in [-0.2, -0.15) is 0 Å². The summed E-state index contributed by atoms with van der Waals surface area (Å²) < 4.78 is 14.3. The zero-order valence-corrected chi connectivity index (χ0v) is 40.1. The minimum Gasteiger partial charge on any atom is -0.464 e. The summed E-state index contributed by atoms with van der Waals surface area (Å²) >= 11 is 1.43. The van der Waals surface area contributed by atoms with Gasteiger partial charge < -0.3 is 34.1 Å². The van der Waals surface area contributed by atoms with Crippen molar-refractivity contribution in [3.05, 3.63) is 58.2 Å². The largest absolute Gasteiger partial charge is 0.464 e. The van der Waals surface area contributed by atoms with Gasteiger partial charge in [0.25, 0.3) is 5.91 Å². The van der Waals surface area contributed by atoms with E-state index in [2.05, 4.69) is 65.2 Å². The van der Waals surface area contributed by atoms with E-state index in [-0.39, 0.29) is 43.0 Å². The van der Waals surface area contributed by atoms with Gasteiger partial charge in [-0.15, -0.1) is 11.3 Å². The van der Waals surface area contributed by atoms with E-state index < -0.39 is 35.4 Å². The third-order valence-corrected chi connectivity index (χ3v) is 13.8. The highest BCUT2D eigenvalue weighted by atomic mass is 32.1. The minimum atomic E-state index is -1.04. The molecule has 15 nitrogen and oxygen atoms in total. The van der Waals surface area contributed by atoms with Crippen molar-refractivity contribution >= 4 is 46.1 Å². The normalized spacial score (nSPS) is 21.5. The van der Waals surface area contributed by atoms with Crippen LogP contribution in [0.4, 0.5) is 4.79 Å². The van der Waals surface area contributed by atoms with E-state index in [4.69, 9.17) is 19.4 Å². The molecule has 4 aromatic rings. The fourth-order valence-corrected chi connectivity index (χ4v) is 10.6. The second-order valence-corrected chi connectivity index (χ2v) is 20.0. The van der Waals surface area contributed by atoms with Crippen molar-refractivity contribution in [2.24, 2.45) is 11.3 Å². The maximum Gasteiger partial charge on any atom is 0.324 e. The third kappa shape index (κ3) is 9.85. The molecule has 5 atom stereocenters. The SMILES string of the molecule is CCn1c(-c2cccnc2[C@H](C)OC)c2c3cc(ccc31)-c1csc(n1)C[C@H](NC(=O)[C@H](C(C)C)N(C)C(=O)N1CCC[C@@H]1CN(C)C)C(=O)N1CCC[C@H](N1)C(=O)OCC(C)(C)C2. The van der Waals surface area contributed by atoms with Crippen molar-refractivity contribution in [3.63, 3.8) is 0 Å². The van der Waals surface area contributed by atoms with Crippen LogP contribution in [0, 0.1) is 11.3 Å². The number of methoxy groups -OCH3 is 1. The molecule has 2 N–H and O–H groups in total. The lowest BCUT2D eigenvalue weighted by atomic mass is 9.84. The number of rotatable bonds is 10. The first kappa shape index (κ1) is 47.1. The number of carbonyl (C=O) groups is 4. The molecule has 0 unspecified atom stereocenters. The van der Waals surface area contributed by atoms with Crippen molar-refractivity contribution < 1.29 is 28.7 Å². The average Bonchev–Trinajstić information content (AvgIpc) is 4.01. The van der Waals surface area contributed by atoms with Gasteiger partial charge in [0.05, 0.1) is 34.8 Å². The Morgan fingerprint density at radius 1 is 1.09 bits per heavy atom. The summed E-state index contributed by atoms with van der Waals surface area (Å²) in [4.78, 5) is 72.5. The number of likely N-dealkylation sites (tertiary alicyclic amines) is 1. The third-order valence-electron chi connectivity index (χ3n) is 13.0. The molecule has 346 valence electrons. The molecule has 0 saturated carbocycles. The summed E-state index contributed by atoms with van der Waals surface area (Å²) in [6.45, 7) is 14.7. The van der Waals surface area contributed by atoms with Gasteiger partial charge in [0.15, 0.2) is 0 Å². The van der Waals surface area contributed by atoms with Gasteiger partial charge in [0.2, 0.25) is 5.91 Å². The summed E-state index contributed by atoms with van der Waals surface area (Å²) in [5, 5.41) is 8.25. The van der Waals surface area contributed by atoms with Crippen LogP contribution in [-0.4, -0.2) is 137 Å². The van der Waals surface area contributed by atoms with Crippen molar-refractivity contribution in [3.8, 4) is 22.5 Å². The summed E-state index contributed by atoms with van der Waals surface area (Å²) in [6.07, 6.45) is 5.11. The van der Waals surface area contributed by atoms with Crippen LogP contribution in [0.2, 0.25) is 0 Å². The number of carbonyl (C=O) groups excluding carboxylic acids is 4. The number of hydrogen-bond acceptors (Lipinski definition) is 11. The Kier molecular flexibility index (Phi) is 14.5. The number of hydrogen-bond donors (Lipinski definition) is 2. The predicted molar refractivity (Wildman–Crippen MR) is 249 cm³/mol. The fourth-order valence-electron chi connectivity index (χ4n) is 9.77. The van der Waals surface area contributed by atoms with E-state index in [0.717, 1.165) is 64.1 Å². The molecule has 3 aliphatic rings. The van der Waals surface area contributed by atoms with Crippen molar-refractivity contribution in [1.29, 1.82) is 0 Å². The molecule has 1 aromatic carbocycles. The first-order valence-corrected chi connectivity index (χ1v) is 23.7. The molecule has 0 aliphatic carbocycles. The van der Waals surface area contributed by atoms with E-state index in [9.17, 15) is 19.2 Å². The number of aromatic nitrogens is 3. The zero-order valence-electron chi connectivity index (χ0n) is 39.3. The number of nitrogens with one attached hydrogen (secondary N) is 2. The molecular weight excluding hydrogens is 831 g/mol. The number of ether oxygens (including phenoxy) is 2. The lowest BCUT2D eigenvalue weighted by Crippen LogP contribution is -2.62. The Morgan fingerprint density at radius 2 is 1.86 bits per heavy atom. The lowest BCUT2D eigenvalue weighted by Gasteiger charge is -2.38. The summed E-state index contributed by atoms with van der Waals surface area (Å²) in [7, 11) is 7.36. The molecule has 16 heteroatoms. The highest BCUT2D eigenvalue weighted by Crippen LogP contribution is 2.42. The number of fused-ring (bicyclic) bond motifs is 6. The number of cyclic esters (lactones) is 1. The molecule has 2 fully saturated rings. The highest BCUT2D eigenvalue weighted by molar-refractivity contribution is 7.10. The number of urea groups is 1. The lowest BCUT2D eigenvalue weighted by molar-refractivity contribution is -0.155. The second-order valence-electron chi connectivity index (χ2n) is 19.1. The fraction of sp³-hybridized carbons (Fsp3) is 0.583. The van der Waals surface area contributed by atoms with Gasteiger partial charge in [-0.05, 0) is 95.8 Å². The predicted octanol–water partition coefficient (Wildman–Crippen LogP) is 6.30. The van der Waals surface area contributed by atoms with E-state index in [1.165, 1.54) is 21.2 Å². The maximum absolute atomic E-state index is 14.6. The van der Waals surface area contributed by atoms with E-state index >= 15 is 0 Å². The molecule has 3 aliphatic heterocycles. The van der Waals surface area contributed by atoms with Crippen LogP contribution in [0.25, 0.3) is 33.4 Å². The first-order chi connectivity index (χ1) is 30.5. The smallest absolute Gasteiger partial charge is 0.324 e. The van der Waals surface area contributed by atoms with Crippen molar-refractivity contribution in [2.75, 3.05) is 54.5 Å². The van der Waals surface area contributed by atoms with Crippen LogP contribution in [0.3, 0.4) is 0 Å². The summed E-state index contributed by atoms with van der Waals surface area (Å²) in [5.41, 5.74) is 9.42. The first-order valence-electron chi connectivity index (χ1n) is 22.8. The van der Waals surface area contributed by atoms with Gasteiger partial charge in [-0.25, -0.2) is 15.2 Å². The van der Waals surface area contributed by atoms with Crippen LogP contribution in [0.1, 0.15) is 89.6 Å². The monoisotopic (exact) mass is 897 g/mol. The minimum absolute atomic E-state index is 0.0544. The highest BCUT2D eigenvalue weighted by Gasteiger charge is 2.40. The van der Waals surface area contributed by atoms with Crippen LogP contribution in [0.15, 0.2) is 41.9 Å². The Balaban J connectivity index is 1.28. The number of pyridine rings is 1. The number of thiazole rings is 1. The van der Waals surface area contributed by atoms with Gasteiger partial charge in [0.1, 0.15) is 18.1 Å². The number of esters is 1. The van der Waals surface area contributed by atoms with E-state index in [1.54, 1.807) is 20.4 Å². The number of amides is 4. The van der Waals surface area contributed by atoms with Gasteiger partial charge in [0, 0.05) is 91.8 Å². The molecule has 2 saturated heterocycles. The van der Waals surface area contributed by atoms with Crippen LogP contribution in [0.5, 0.6) is 0 Å². The molecule has 7 rings (SSSR count). The molecule has 6 heterocycles. The Morgan fingerprint density at radius 3 is 2.58 bits per heavy atom. The Labute approximate surface area is 381 Å².